The SMILES string of the molecule is C/C=C/c1ccc(C2CCc3c(ccc(OC(F)(F)F)c3F)C2)c(F)c1. The molecule has 3 rings (SSSR count). The van der Waals surface area contributed by atoms with Crippen molar-refractivity contribution in [3.05, 3.63) is 70.3 Å². The number of hydrogen-bond donors (Lipinski definition) is 0. The van der Waals surface area contributed by atoms with Crippen LogP contribution in [0, 0.1) is 11.6 Å². The van der Waals surface area contributed by atoms with Gasteiger partial charge in [-0.3, -0.25) is 0 Å². The first-order chi connectivity index (χ1) is 12.3. The lowest BCUT2D eigenvalue weighted by atomic mass is 9.79. The molecule has 0 N–H and O–H groups in total. The Morgan fingerprint density at radius 2 is 1.88 bits per heavy atom. The van der Waals surface area contributed by atoms with E-state index in [-0.39, 0.29) is 23.7 Å². The molecule has 0 saturated heterocycles. The minimum absolute atomic E-state index is 0.143. The Kier molecular flexibility index (Phi) is 5.03. The van der Waals surface area contributed by atoms with Gasteiger partial charge in [-0.2, -0.15) is 0 Å². The molecule has 0 fully saturated rings. The predicted molar refractivity (Wildman–Crippen MR) is 89.0 cm³/mol. The summed E-state index contributed by atoms with van der Waals surface area (Å²) in [7, 11) is 0. The van der Waals surface area contributed by atoms with Gasteiger partial charge in [0.25, 0.3) is 0 Å². The molecule has 2 aromatic rings. The number of rotatable bonds is 3. The van der Waals surface area contributed by atoms with Crippen LogP contribution in [0.1, 0.15) is 41.5 Å². The summed E-state index contributed by atoms with van der Waals surface area (Å²) >= 11 is 0. The summed E-state index contributed by atoms with van der Waals surface area (Å²) < 4.78 is 69.5. The van der Waals surface area contributed by atoms with Crippen LogP contribution < -0.4 is 4.74 Å². The van der Waals surface area contributed by atoms with E-state index in [0.29, 0.717) is 24.0 Å². The molecule has 1 atom stereocenters. The van der Waals surface area contributed by atoms with Gasteiger partial charge in [0.2, 0.25) is 0 Å². The third-order valence-electron chi connectivity index (χ3n) is 4.56. The first-order valence-electron chi connectivity index (χ1n) is 8.26. The number of halogens is 5. The van der Waals surface area contributed by atoms with Crippen LogP contribution in [0.4, 0.5) is 22.0 Å². The van der Waals surface area contributed by atoms with Crippen molar-refractivity contribution >= 4 is 6.08 Å². The number of benzene rings is 2. The molecule has 0 amide bonds. The molecule has 0 radical (unpaired) electrons. The van der Waals surface area contributed by atoms with E-state index in [0.717, 1.165) is 11.6 Å². The summed E-state index contributed by atoms with van der Waals surface area (Å²) in [4.78, 5) is 0. The molecule has 1 aliphatic rings. The number of alkyl halides is 3. The van der Waals surface area contributed by atoms with Crippen LogP contribution in [0.25, 0.3) is 6.08 Å². The Labute approximate surface area is 148 Å². The average molecular weight is 368 g/mol. The van der Waals surface area contributed by atoms with Gasteiger partial charge in [0, 0.05) is 0 Å². The van der Waals surface area contributed by atoms with Gasteiger partial charge in [0.1, 0.15) is 5.82 Å². The van der Waals surface area contributed by atoms with Gasteiger partial charge < -0.3 is 4.74 Å². The molecule has 0 saturated carbocycles. The van der Waals surface area contributed by atoms with E-state index in [2.05, 4.69) is 4.74 Å². The van der Waals surface area contributed by atoms with Crippen LogP contribution >= 0.6 is 0 Å². The third-order valence-corrected chi connectivity index (χ3v) is 4.56. The van der Waals surface area contributed by atoms with Crippen LogP contribution in [-0.4, -0.2) is 6.36 Å². The van der Waals surface area contributed by atoms with Gasteiger partial charge in [-0.05, 0) is 66.5 Å². The number of allylic oxidation sites excluding steroid dienone is 1. The van der Waals surface area contributed by atoms with E-state index >= 15 is 0 Å². The zero-order chi connectivity index (χ0) is 18.9. The van der Waals surface area contributed by atoms with Crippen molar-refractivity contribution < 1.29 is 26.7 Å². The van der Waals surface area contributed by atoms with Gasteiger partial charge in [0.15, 0.2) is 11.6 Å². The molecule has 0 aromatic heterocycles. The first-order valence-corrected chi connectivity index (χ1v) is 8.26. The summed E-state index contributed by atoms with van der Waals surface area (Å²) in [6.45, 7) is 1.84. The second-order valence-electron chi connectivity index (χ2n) is 6.28. The molecule has 1 aliphatic carbocycles. The first kappa shape index (κ1) is 18.4. The van der Waals surface area contributed by atoms with Crippen molar-refractivity contribution in [1.29, 1.82) is 0 Å². The lowest BCUT2D eigenvalue weighted by Gasteiger charge is -2.26. The van der Waals surface area contributed by atoms with Gasteiger partial charge in [0.05, 0.1) is 0 Å². The van der Waals surface area contributed by atoms with Crippen molar-refractivity contribution in [1.82, 2.24) is 0 Å². The molecule has 1 unspecified atom stereocenters. The fourth-order valence-electron chi connectivity index (χ4n) is 3.43. The highest BCUT2D eigenvalue weighted by atomic mass is 19.4. The highest BCUT2D eigenvalue weighted by molar-refractivity contribution is 5.50. The van der Waals surface area contributed by atoms with E-state index in [1.807, 2.05) is 19.1 Å². The number of fused-ring (bicyclic) bond motifs is 1. The van der Waals surface area contributed by atoms with E-state index in [1.54, 1.807) is 12.1 Å². The van der Waals surface area contributed by atoms with Crippen molar-refractivity contribution in [2.45, 2.75) is 38.5 Å². The topological polar surface area (TPSA) is 9.23 Å². The van der Waals surface area contributed by atoms with Gasteiger partial charge in [-0.15, -0.1) is 13.2 Å². The summed E-state index contributed by atoms with van der Waals surface area (Å²) in [5.74, 6) is -2.28. The van der Waals surface area contributed by atoms with Gasteiger partial charge >= 0.3 is 6.36 Å². The normalized spacial score (nSPS) is 17.4. The van der Waals surface area contributed by atoms with Crippen LogP contribution in [0.3, 0.4) is 0 Å². The maximum absolute atomic E-state index is 14.4. The maximum atomic E-state index is 14.4. The Bertz CT molecular complexity index is 839. The molecular weight excluding hydrogens is 351 g/mol. The second kappa shape index (κ2) is 7.09. The smallest absolute Gasteiger partial charge is 0.403 e. The molecule has 0 bridgehead atoms. The fourth-order valence-corrected chi connectivity index (χ4v) is 3.43. The number of hydrogen-bond acceptors (Lipinski definition) is 1. The lowest BCUT2D eigenvalue weighted by molar-refractivity contribution is -0.275. The van der Waals surface area contributed by atoms with Crippen LogP contribution in [0.2, 0.25) is 0 Å². The zero-order valence-electron chi connectivity index (χ0n) is 14.0. The molecule has 138 valence electrons. The Balaban J connectivity index is 1.85. The van der Waals surface area contributed by atoms with Gasteiger partial charge in [-0.1, -0.05) is 30.4 Å². The minimum atomic E-state index is -4.94. The molecule has 2 aromatic carbocycles. The minimum Gasteiger partial charge on any atom is -0.403 e. The molecule has 26 heavy (non-hydrogen) atoms. The Hall–Kier alpha value is -2.37. The fraction of sp³-hybridized carbons (Fsp3) is 0.300. The summed E-state index contributed by atoms with van der Waals surface area (Å²) in [6.07, 6.45) is -0.270. The molecule has 0 aliphatic heterocycles. The van der Waals surface area contributed by atoms with Crippen molar-refractivity contribution in [2.75, 3.05) is 0 Å². The molecule has 0 heterocycles. The van der Waals surface area contributed by atoms with Crippen LogP contribution in [0.5, 0.6) is 5.75 Å². The summed E-state index contributed by atoms with van der Waals surface area (Å²) in [5, 5.41) is 0. The molecule has 0 spiro atoms. The van der Waals surface area contributed by atoms with Crippen LogP contribution in [0.15, 0.2) is 36.4 Å². The highest BCUT2D eigenvalue weighted by Gasteiger charge is 2.34. The predicted octanol–water partition coefficient (Wildman–Crippen LogP) is 6.17. The van der Waals surface area contributed by atoms with E-state index in [9.17, 15) is 22.0 Å². The van der Waals surface area contributed by atoms with E-state index in [1.165, 1.54) is 12.1 Å². The maximum Gasteiger partial charge on any atom is 0.573 e. The molecule has 6 heteroatoms. The zero-order valence-corrected chi connectivity index (χ0v) is 14.0. The number of ether oxygens (including phenoxy) is 1. The molecule has 1 nitrogen and oxygen atoms in total. The van der Waals surface area contributed by atoms with Crippen molar-refractivity contribution in [2.24, 2.45) is 0 Å². The third kappa shape index (κ3) is 3.89. The Morgan fingerprint density at radius 1 is 1.12 bits per heavy atom. The quantitative estimate of drug-likeness (QED) is 0.589. The average Bonchev–Trinajstić information content (AvgIpc) is 2.57. The van der Waals surface area contributed by atoms with Crippen LogP contribution in [-0.2, 0) is 12.8 Å². The summed E-state index contributed by atoms with van der Waals surface area (Å²) in [6, 6.07) is 7.39. The van der Waals surface area contributed by atoms with E-state index in [4.69, 9.17) is 0 Å². The summed E-state index contributed by atoms with van der Waals surface area (Å²) in [5.41, 5.74) is 2.10. The van der Waals surface area contributed by atoms with E-state index < -0.39 is 17.9 Å². The molecular formula is C20H17F5O. The van der Waals surface area contributed by atoms with Gasteiger partial charge in [-0.25, -0.2) is 8.78 Å². The largest absolute Gasteiger partial charge is 0.573 e. The lowest BCUT2D eigenvalue weighted by Crippen LogP contribution is -2.20. The monoisotopic (exact) mass is 368 g/mol. The highest BCUT2D eigenvalue weighted by Crippen LogP contribution is 2.38. The Morgan fingerprint density at radius 3 is 2.54 bits per heavy atom. The van der Waals surface area contributed by atoms with Crippen molar-refractivity contribution in [3.63, 3.8) is 0 Å². The standard InChI is InChI=1S/C20H17F5O/c1-2-3-12-4-7-15(17(21)10-12)13-5-8-16-14(11-13)6-9-18(19(16)22)26-20(23,24)25/h2-4,6-7,9-10,13H,5,8,11H2,1H3/b3-2+. The van der Waals surface area contributed by atoms with Crippen molar-refractivity contribution in [3.8, 4) is 5.75 Å². The second-order valence-corrected chi connectivity index (χ2v) is 6.28.